The average Bonchev–Trinajstić information content (AvgIpc) is 3.46. The highest BCUT2D eigenvalue weighted by Crippen LogP contribution is 2.35. The lowest BCUT2D eigenvalue weighted by Gasteiger charge is -2.35. The van der Waals surface area contributed by atoms with Crippen molar-refractivity contribution in [2.45, 2.75) is 6.18 Å². The lowest BCUT2D eigenvalue weighted by atomic mass is 10.2. The third kappa shape index (κ3) is 6.90. The van der Waals surface area contributed by atoms with Crippen LogP contribution in [0, 0.1) is 0 Å². The number of esters is 1. The Bertz CT molecular complexity index is 1470. The number of benzene rings is 2. The maximum absolute atomic E-state index is 13.6. The number of amides is 1. The van der Waals surface area contributed by atoms with Gasteiger partial charge in [-0.05, 0) is 36.4 Å². The minimum Gasteiger partial charge on any atom is -0.461 e. The molecule has 12 heteroatoms. The van der Waals surface area contributed by atoms with Gasteiger partial charge in [0.05, 0.1) is 17.4 Å². The predicted octanol–water partition coefficient (Wildman–Crippen LogP) is 4.99. The normalized spacial score (nSPS) is 14.1. The van der Waals surface area contributed by atoms with Crippen LogP contribution in [0.4, 0.5) is 24.7 Å². The summed E-state index contributed by atoms with van der Waals surface area (Å²) < 4.78 is 51.0. The van der Waals surface area contributed by atoms with Gasteiger partial charge in [0.2, 0.25) is 11.7 Å². The highest BCUT2D eigenvalue weighted by molar-refractivity contribution is 6.04. The largest absolute Gasteiger partial charge is 0.461 e. The number of oxazole rings is 1. The quantitative estimate of drug-likeness (QED) is 0.299. The highest BCUT2D eigenvalue weighted by atomic mass is 19.4. The third-order valence-electron chi connectivity index (χ3n) is 6.47. The summed E-state index contributed by atoms with van der Waals surface area (Å²) in [7, 11) is 0. The van der Waals surface area contributed by atoms with E-state index < -0.39 is 23.5 Å². The molecule has 1 aliphatic heterocycles. The maximum atomic E-state index is 13.6. The van der Waals surface area contributed by atoms with Gasteiger partial charge in [-0.15, -0.1) is 0 Å². The highest BCUT2D eigenvalue weighted by Gasteiger charge is 2.42. The molecule has 1 aliphatic rings. The second-order valence-electron chi connectivity index (χ2n) is 9.25. The minimum atomic E-state index is -4.90. The second kappa shape index (κ2) is 12.2. The number of carbonyl (C=O) groups is 2. The summed E-state index contributed by atoms with van der Waals surface area (Å²) in [6.07, 6.45) is -3.52. The summed E-state index contributed by atoms with van der Waals surface area (Å²) >= 11 is 0. The molecular weight excluding hydrogens is 539 g/mol. The van der Waals surface area contributed by atoms with E-state index in [-0.39, 0.29) is 24.2 Å². The van der Waals surface area contributed by atoms with E-state index in [1.165, 1.54) is 18.3 Å². The Morgan fingerprint density at radius 3 is 2.24 bits per heavy atom. The van der Waals surface area contributed by atoms with Crippen molar-refractivity contribution >= 4 is 23.4 Å². The molecule has 0 bridgehead atoms. The molecule has 41 heavy (non-hydrogen) atoms. The van der Waals surface area contributed by atoms with Crippen molar-refractivity contribution < 1.29 is 31.9 Å². The van der Waals surface area contributed by atoms with Crippen LogP contribution in [0.15, 0.2) is 83.4 Å². The first-order valence-corrected chi connectivity index (χ1v) is 12.9. The lowest BCUT2D eigenvalue weighted by Crippen LogP contribution is -2.47. The van der Waals surface area contributed by atoms with E-state index in [0.29, 0.717) is 36.6 Å². The molecule has 212 valence electrons. The Hall–Kier alpha value is -4.71. The van der Waals surface area contributed by atoms with Crippen LogP contribution >= 0.6 is 0 Å². The van der Waals surface area contributed by atoms with E-state index in [4.69, 9.17) is 9.15 Å². The summed E-state index contributed by atoms with van der Waals surface area (Å²) in [4.78, 5) is 37.3. The van der Waals surface area contributed by atoms with Gasteiger partial charge in [0.1, 0.15) is 12.4 Å². The van der Waals surface area contributed by atoms with E-state index >= 15 is 0 Å². The number of pyridine rings is 1. The molecule has 5 rings (SSSR count). The Morgan fingerprint density at radius 2 is 1.61 bits per heavy atom. The number of hydrogen-bond donors (Lipinski definition) is 1. The second-order valence-corrected chi connectivity index (χ2v) is 9.25. The van der Waals surface area contributed by atoms with Crippen molar-refractivity contribution in [1.29, 1.82) is 0 Å². The Balaban J connectivity index is 1.14. The molecule has 0 unspecified atom stereocenters. The number of nitrogens with one attached hydrogen (secondary N) is 1. The molecule has 0 aliphatic carbocycles. The summed E-state index contributed by atoms with van der Waals surface area (Å²) in [6, 6.07) is 20.1. The summed E-state index contributed by atoms with van der Waals surface area (Å²) in [5.41, 5.74) is 0.194. The van der Waals surface area contributed by atoms with Crippen LogP contribution < -0.4 is 10.2 Å². The molecule has 0 saturated carbocycles. The van der Waals surface area contributed by atoms with Gasteiger partial charge < -0.3 is 19.4 Å². The SMILES string of the molecule is O=C(OCCN1CCN(c2ccc(NC(=O)c3nc(-c4ccccc4)oc3C(F)(F)F)cn2)CC1)c1ccccc1. The first kappa shape index (κ1) is 27.8. The number of hydrogen-bond acceptors (Lipinski definition) is 8. The van der Waals surface area contributed by atoms with Gasteiger partial charge in [0, 0.05) is 38.3 Å². The summed E-state index contributed by atoms with van der Waals surface area (Å²) in [5, 5.41) is 2.42. The zero-order chi connectivity index (χ0) is 28.8. The van der Waals surface area contributed by atoms with Gasteiger partial charge in [-0.1, -0.05) is 36.4 Å². The zero-order valence-corrected chi connectivity index (χ0v) is 21.8. The van der Waals surface area contributed by atoms with Crippen molar-refractivity contribution in [2.24, 2.45) is 0 Å². The first-order valence-electron chi connectivity index (χ1n) is 12.9. The average molecular weight is 566 g/mol. The van der Waals surface area contributed by atoms with Crippen LogP contribution in [0.3, 0.4) is 0 Å². The number of ether oxygens (including phenoxy) is 1. The minimum absolute atomic E-state index is 0.218. The number of halogens is 3. The standard InChI is InChI=1S/C29H26F3N5O4/c30-29(31,32)25-24(35-27(41-25)20-7-3-1-4-8-20)26(38)34-22-11-12-23(33-19-22)37-15-13-36(14-16-37)17-18-40-28(39)21-9-5-2-6-10-21/h1-12,19H,13-18H2,(H,34,38). The van der Waals surface area contributed by atoms with Gasteiger partial charge in [-0.25, -0.2) is 14.8 Å². The molecule has 2 aromatic carbocycles. The van der Waals surface area contributed by atoms with Crippen molar-refractivity contribution in [1.82, 2.24) is 14.9 Å². The molecule has 2 aromatic heterocycles. The van der Waals surface area contributed by atoms with E-state index in [1.807, 2.05) is 6.07 Å². The number of piperazine rings is 1. The fourth-order valence-electron chi connectivity index (χ4n) is 4.33. The fraction of sp³-hybridized carbons (Fsp3) is 0.241. The number of aromatic nitrogens is 2. The number of anilines is 2. The predicted molar refractivity (Wildman–Crippen MR) is 145 cm³/mol. The smallest absolute Gasteiger partial charge is 0.452 e. The van der Waals surface area contributed by atoms with Crippen LogP contribution in [0.1, 0.15) is 26.6 Å². The molecule has 0 spiro atoms. The number of carbonyl (C=O) groups excluding carboxylic acids is 2. The summed E-state index contributed by atoms with van der Waals surface area (Å²) in [5.74, 6) is -2.51. The van der Waals surface area contributed by atoms with E-state index in [0.717, 1.165) is 13.1 Å². The van der Waals surface area contributed by atoms with E-state index in [2.05, 4.69) is 25.1 Å². The van der Waals surface area contributed by atoms with Crippen molar-refractivity contribution in [3.05, 3.63) is 96.0 Å². The Kier molecular flexibility index (Phi) is 8.29. The molecule has 1 N–H and O–H groups in total. The monoisotopic (exact) mass is 565 g/mol. The van der Waals surface area contributed by atoms with Crippen molar-refractivity contribution in [2.75, 3.05) is 49.5 Å². The number of rotatable bonds is 8. The van der Waals surface area contributed by atoms with Gasteiger partial charge in [0.25, 0.3) is 5.91 Å². The van der Waals surface area contributed by atoms with Crippen LogP contribution in [0.5, 0.6) is 0 Å². The first-order chi connectivity index (χ1) is 19.8. The summed E-state index contributed by atoms with van der Waals surface area (Å²) in [6.45, 7) is 3.73. The van der Waals surface area contributed by atoms with Gasteiger partial charge in [-0.2, -0.15) is 13.2 Å². The Morgan fingerprint density at radius 1 is 0.927 bits per heavy atom. The van der Waals surface area contributed by atoms with Crippen LogP contribution in [-0.4, -0.2) is 66.1 Å². The number of nitrogens with zero attached hydrogens (tertiary/aromatic N) is 4. The number of alkyl halides is 3. The molecule has 9 nitrogen and oxygen atoms in total. The van der Waals surface area contributed by atoms with Crippen LogP contribution in [-0.2, 0) is 10.9 Å². The maximum Gasteiger partial charge on any atom is 0.452 e. The molecule has 3 heterocycles. The molecule has 1 amide bonds. The van der Waals surface area contributed by atoms with E-state index in [9.17, 15) is 22.8 Å². The molecule has 0 atom stereocenters. The van der Waals surface area contributed by atoms with Crippen molar-refractivity contribution in [3.8, 4) is 11.5 Å². The lowest BCUT2D eigenvalue weighted by molar-refractivity contribution is -0.153. The van der Waals surface area contributed by atoms with Gasteiger partial charge in [0.15, 0.2) is 5.69 Å². The third-order valence-corrected chi connectivity index (χ3v) is 6.47. The van der Waals surface area contributed by atoms with Crippen LogP contribution in [0.25, 0.3) is 11.5 Å². The van der Waals surface area contributed by atoms with E-state index in [1.54, 1.807) is 54.6 Å². The fourth-order valence-corrected chi connectivity index (χ4v) is 4.33. The van der Waals surface area contributed by atoms with Crippen molar-refractivity contribution in [3.63, 3.8) is 0 Å². The molecular formula is C29H26F3N5O4. The molecule has 1 fully saturated rings. The Labute approximate surface area is 233 Å². The molecule has 1 saturated heterocycles. The molecule has 0 radical (unpaired) electrons. The molecule has 4 aromatic rings. The van der Waals surface area contributed by atoms with Crippen LogP contribution in [0.2, 0.25) is 0 Å². The van der Waals surface area contributed by atoms with Gasteiger partial charge in [-0.3, -0.25) is 9.69 Å². The topological polar surface area (TPSA) is 101 Å². The zero-order valence-electron chi connectivity index (χ0n) is 21.8. The van der Waals surface area contributed by atoms with Gasteiger partial charge >= 0.3 is 12.1 Å².